The molecule has 3 N–H and O–H groups in total. The zero-order valence-corrected chi connectivity index (χ0v) is 14.6. The van der Waals surface area contributed by atoms with Gasteiger partial charge in [0.05, 0.1) is 10.9 Å². The number of carbonyl (C=O) groups is 1. The molecule has 0 saturated heterocycles. The van der Waals surface area contributed by atoms with Gasteiger partial charge in [0.1, 0.15) is 0 Å². The first kappa shape index (κ1) is 19.9. The molecule has 1 atom stereocenters. The number of aryl methyl sites for hydroxylation is 1. The Balaban J connectivity index is 0.00000288. The van der Waals surface area contributed by atoms with Crippen LogP contribution in [0.15, 0.2) is 33.9 Å². The van der Waals surface area contributed by atoms with Crippen LogP contribution in [-0.2, 0) is 11.3 Å². The number of aromatic amines is 1. The lowest BCUT2D eigenvalue weighted by Crippen LogP contribution is -2.39. The summed E-state index contributed by atoms with van der Waals surface area (Å²) >= 11 is 0. The zero-order chi connectivity index (χ0) is 16.8. The SMILES string of the molecule is CCN[C@H](C)CNC(=O)CCn1c(=O)[nH]c(=O)c2ccccc21.Cl. The van der Waals surface area contributed by atoms with Crippen LogP contribution in [0.1, 0.15) is 20.3 Å². The molecule has 2 rings (SSSR count). The number of fused-ring (bicyclic) bond motifs is 1. The summed E-state index contributed by atoms with van der Waals surface area (Å²) < 4.78 is 1.42. The van der Waals surface area contributed by atoms with Crippen LogP contribution in [0, 0.1) is 0 Å². The van der Waals surface area contributed by atoms with Gasteiger partial charge >= 0.3 is 5.69 Å². The number of hydrogen-bond acceptors (Lipinski definition) is 4. The van der Waals surface area contributed by atoms with E-state index in [4.69, 9.17) is 0 Å². The van der Waals surface area contributed by atoms with Crippen molar-refractivity contribution in [1.82, 2.24) is 20.2 Å². The number of likely N-dealkylation sites (N-methyl/N-ethyl adjacent to an activating group) is 1. The number of hydrogen-bond donors (Lipinski definition) is 3. The van der Waals surface area contributed by atoms with Crippen LogP contribution >= 0.6 is 12.4 Å². The van der Waals surface area contributed by atoms with Crippen molar-refractivity contribution in [1.29, 1.82) is 0 Å². The Bertz CT molecular complexity index is 800. The Kier molecular flexibility index (Phi) is 7.67. The van der Waals surface area contributed by atoms with Gasteiger partial charge in [0.2, 0.25) is 5.91 Å². The quantitative estimate of drug-likeness (QED) is 0.679. The summed E-state index contributed by atoms with van der Waals surface area (Å²) in [6.07, 6.45) is 0.175. The predicted molar refractivity (Wildman–Crippen MR) is 96.8 cm³/mol. The normalized spacial score (nSPS) is 11.8. The van der Waals surface area contributed by atoms with Crippen LogP contribution in [0.3, 0.4) is 0 Å². The van der Waals surface area contributed by atoms with Gasteiger partial charge in [-0.25, -0.2) is 4.79 Å². The fourth-order valence-electron chi connectivity index (χ4n) is 2.45. The van der Waals surface area contributed by atoms with Gasteiger partial charge in [-0.1, -0.05) is 19.1 Å². The van der Waals surface area contributed by atoms with Gasteiger partial charge in [-0.15, -0.1) is 12.4 Å². The molecule has 0 radical (unpaired) electrons. The number of carbonyl (C=O) groups excluding carboxylic acids is 1. The first-order valence-electron chi connectivity index (χ1n) is 7.75. The summed E-state index contributed by atoms with van der Waals surface area (Å²) in [4.78, 5) is 38.0. The van der Waals surface area contributed by atoms with Crippen molar-refractivity contribution < 1.29 is 4.79 Å². The Labute approximate surface area is 145 Å². The maximum absolute atomic E-state index is 12.0. The lowest BCUT2D eigenvalue weighted by atomic mass is 10.2. The summed E-state index contributed by atoms with van der Waals surface area (Å²) in [5, 5.41) is 6.47. The van der Waals surface area contributed by atoms with E-state index in [0.717, 1.165) is 6.54 Å². The number of halogens is 1. The van der Waals surface area contributed by atoms with Gasteiger partial charge in [0.15, 0.2) is 0 Å². The van der Waals surface area contributed by atoms with Crippen LogP contribution in [0.5, 0.6) is 0 Å². The topological polar surface area (TPSA) is 96.0 Å². The second-order valence-corrected chi connectivity index (χ2v) is 5.44. The summed E-state index contributed by atoms with van der Waals surface area (Å²) in [6, 6.07) is 7.05. The number of amides is 1. The van der Waals surface area contributed by atoms with E-state index < -0.39 is 11.2 Å². The molecular weight excluding hydrogens is 332 g/mol. The first-order valence-corrected chi connectivity index (χ1v) is 7.75. The summed E-state index contributed by atoms with van der Waals surface area (Å²) in [7, 11) is 0. The monoisotopic (exact) mass is 354 g/mol. The highest BCUT2D eigenvalue weighted by Gasteiger charge is 2.09. The molecule has 2 aromatic rings. The molecule has 0 unspecified atom stereocenters. The van der Waals surface area contributed by atoms with Crippen molar-refractivity contribution in [3.63, 3.8) is 0 Å². The first-order chi connectivity index (χ1) is 11.0. The van der Waals surface area contributed by atoms with E-state index in [2.05, 4.69) is 15.6 Å². The standard InChI is InChI=1S/C16H22N4O3.ClH/c1-3-17-11(2)10-18-14(21)8-9-20-13-7-5-4-6-12(13)15(22)19-16(20)23;/h4-7,11,17H,3,8-10H2,1-2H3,(H,18,21)(H,19,22,23);1H/t11-;/m1./s1. The largest absolute Gasteiger partial charge is 0.354 e. The molecule has 0 aliphatic heterocycles. The molecule has 1 heterocycles. The average molecular weight is 355 g/mol. The maximum Gasteiger partial charge on any atom is 0.328 e. The molecule has 1 aromatic carbocycles. The van der Waals surface area contributed by atoms with Crippen LogP contribution in [0.4, 0.5) is 0 Å². The van der Waals surface area contributed by atoms with Crippen molar-refractivity contribution in [3.05, 3.63) is 45.1 Å². The minimum absolute atomic E-state index is 0. The average Bonchev–Trinajstić information content (AvgIpc) is 2.53. The summed E-state index contributed by atoms with van der Waals surface area (Å²) in [6.45, 7) is 5.59. The smallest absolute Gasteiger partial charge is 0.328 e. The highest BCUT2D eigenvalue weighted by Crippen LogP contribution is 2.06. The number of H-pyrrole nitrogens is 1. The Morgan fingerprint density at radius 2 is 2.00 bits per heavy atom. The van der Waals surface area contributed by atoms with Crippen LogP contribution in [-0.4, -0.2) is 34.6 Å². The molecule has 8 heteroatoms. The molecule has 0 spiro atoms. The van der Waals surface area contributed by atoms with Crippen molar-refractivity contribution in [2.45, 2.75) is 32.9 Å². The number of benzene rings is 1. The van der Waals surface area contributed by atoms with Crippen molar-refractivity contribution in [2.75, 3.05) is 13.1 Å². The third kappa shape index (κ3) is 4.94. The second-order valence-electron chi connectivity index (χ2n) is 5.44. The number of nitrogens with one attached hydrogen (secondary N) is 3. The molecule has 1 aromatic heterocycles. The number of para-hydroxylation sites is 1. The number of aromatic nitrogens is 2. The molecule has 132 valence electrons. The Hall–Kier alpha value is -2.12. The van der Waals surface area contributed by atoms with Gasteiger partial charge in [-0.2, -0.15) is 0 Å². The fourth-order valence-corrected chi connectivity index (χ4v) is 2.45. The highest BCUT2D eigenvalue weighted by atomic mass is 35.5. The minimum Gasteiger partial charge on any atom is -0.354 e. The van der Waals surface area contributed by atoms with E-state index >= 15 is 0 Å². The molecule has 0 aliphatic rings. The number of nitrogens with zero attached hydrogens (tertiary/aromatic N) is 1. The highest BCUT2D eigenvalue weighted by molar-refractivity contribution is 5.85. The predicted octanol–water partition coefficient (Wildman–Crippen LogP) is 0.616. The summed E-state index contributed by atoms with van der Waals surface area (Å²) in [5.41, 5.74) is -0.372. The lowest BCUT2D eigenvalue weighted by Gasteiger charge is -2.14. The van der Waals surface area contributed by atoms with Gasteiger partial charge in [-0.05, 0) is 25.6 Å². The van der Waals surface area contributed by atoms with E-state index in [1.807, 2.05) is 13.8 Å². The van der Waals surface area contributed by atoms with E-state index in [9.17, 15) is 14.4 Å². The molecular formula is C16H23ClN4O3. The lowest BCUT2D eigenvalue weighted by molar-refractivity contribution is -0.121. The fraction of sp³-hybridized carbons (Fsp3) is 0.438. The molecule has 1 amide bonds. The third-order valence-corrected chi connectivity index (χ3v) is 3.63. The van der Waals surface area contributed by atoms with Crippen molar-refractivity contribution in [3.8, 4) is 0 Å². The molecule has 0 fully saturated rings. The van der Waals surface area contributed by atoms with Gasteiger partial charge < -0.3 is 10.6 Å². The van der Waals surface area contributed by atoms with Gasteiger partial charge in [0.25, 0.3) is 5.56 Å². The summed E-state index contributed by atoms with van der Waals surface area (Å²) in [5.74, 6) is -0.128. The van der Waals surface area contributed by atoms with Crippen LogP contribution in [0.2, 0.25) is 0 Å². The maximum atomic E-state index is 12.0. The number of rotatable bonds is 7. The van der Waals surface area contributed by atoms with Crippen LogP contribution in [0.25, 0.3) is 10.9 Å². The van der Waals surface area contributed by atoms with E-state index in [1.54, 1.807) is 24.3 Å². The second kappa shape index (κ2) is 9.24. The zero-order valence-electron chi connectivity index (χ0n) is 13.8. The van der Waals surface area contributed by atoms with Crippen molar-refractivity contribution in [2.24, 2.45) is 0 Å². The third-order valence-electron chi connectivity index (χ3n) is 3.63. The van der Waals surface area contributed by atoms with Gasteiger partial charge in [0, 0.05) is 25.6 Å². The van der Waals surface area contributed by atoms with Crippen molar-refractivity contribution >= 4 is 29.2 Å². The van der Waals surface area contributed by atoms with E-state index in [0.29, 0.717) is 17.4 Å². The Morgan fingerprint density at radius 3 is 2.71 bits per heavy atom. The molecule has 0 aliphatic carbocycles. The van der Waals surface area contributed by atoms with E-state index in [1.165, 1.54) is 4.57 Å². The molecule has 0 bridgehead atoms. The Morgan fingerprint density at radius 1 is 1.29 bits per heavy atom. The molecule has 0 saturated carbocycles. The van der Waals surface area contributed by atoms with Crippen LogP contribution < -0.4 is 21.9 Å². The minimum atomic E-state index is -0.498. The molecule has 7 nitrogen and oxygen atoms in total. The van der Waals surface area contributed by atoms with E-state index in [-0.39, 0.29) is 37.3 Å². The molecule has 24 heavy (non-hydrogen) atoms. The van der Waals surface area contributed by atoms with Gasteiger partial charge in [-0.3, -0.25) is 19.1 Å².